The van der Waals surface area contributed by atoms with Gasteiger partial charge in [-0.2, -0.15) is 0 Å². The summed E-state index contributed by atoms with van der Waals surface area (Å²) in [6.07, 6.45) is 2.99. The van der Waals surface area contributed by atoms with E-state index >= 15 is 0 Å². The van der Waals surface area contributed by atoms with Crippen LogP contribution in [0.5, 0.6) is 0 Å². The van der Waals surface area contributed by atoms with Crippen LogP contribution in [0.3, 0.4) is 0 Å². The zero-order valence-corrected chi connectivity index (χ0v) is 9.23. The Bertz CT molecular complexity index is 346. The van der Waals surface area contributed by atoms with Crippen LogP contribution in [0.15, 0.2) is 30.3 Å². The van der Waals surface area contributed by atoms with Crippen molar-refractivity contribution >= 4 is 5.97 Å². The molecule has 1 aliphatic carbocycles. The Kier molecular flexibility index (Phi) is 3.57. The molecular formula is C13H17NO2. The lowest BCUT2D eigenvalue weighted by molar-refractivity contribution is -0.140. The number of aliphatic carboxylic acids is 1. The first-order valence-corrected chi connectivity index (χ1v) is 5.77. The van der Waals surface area contributed by atoms with Crippen LogP contribution < -0.4 is 5.32 Å². The quantitative estimate of drug-likeness (QED) is 0.765. The summed E-state index contributed by atoms with van der Waals surface area (Å²) in [6, 6.07) is 9.78. The van der Waals surface area contributed by atoms with Crippen LogP contribution in [0.1, 0.15) is 18.4 Å². The summed E-state index contributed by atoms with van der Waals surface area (Å²) in [5.41, 5.74) is 1.25. The molecule has 0 spiro atoms. The summed E-state index contributed by atoms with van der Waals surface area (Å²) in [6.45, 7) is 0.734. The van der Waals surface area contributed by atoms with Gasteiger partial charge in [0.2, 0.25) is 0 Å². The number of carbonyl (C=O) groups is 1. The van der Waals surface area contributed by atoms with Crippen molar-refractivity contribution in [3.63, 3.8) is 0 Å². The van der Waals surface area contributed by atoms with E-state index in [1.807, 2.05) is 18.2 Å². The van der Waals surface area contributed by atoms with E-state index < -0.39 is 5.97 Å². The zero-order valence-electron chi connectivity index (χ0n) is 9.23. The van der Waals surface area contributed by atoms with Crippen molar-refractivity contribution in [1.29, 1.82) is 0 Å². The minimum Gasteiger partial charge on any atom is -0.480 e. The minimum absolute atomic E-state index is 0.344. The number of rotatable bonds is 6. The molecule has 0 saturated heterocycles. The molecule has 3 nitrogen and oxygen atoms in total. The van der Waals surface area contributed by atoms with Crippen LogP contribution in [0.4, 0.5) is 0 Å². The molecule has 0 bridgehead atoms. The molecule has 1 aliphatic rings. The summed E-state index contributed by atoms with van der Waals surface area (Å²) < 4.78 is 0. The molecule has 1 saturated carbocycles. The van der Waals surface area contributed by atoms with Gasteiger partial charge in [-0.15, -0.1) is 0 Å². The molecule has 86 valence electrons. The molecule has 0 unspecified atom stereocenters. The van der Waals surface area contributed by atoms with E-state index in [1.54, 1.807) is 0 Å². The molecule has 1 aromatic carbocycles. The fraction of sp³-hybridized carbons (Fsp3) is 0.462. The maximum atomic E-state index is 11.0. The summed E-state index contributed by atoms with van der Waals surface area (Å²) in [5, 5.41) is 12.1. The van der Waals surface area contributed by atoms with Crippen LogP contribution in [-0.4, -0.2) is 23.7 Å². The van der Waals surface area contributed by atoms with E-state index in [1.165, 1.54) is 5.56 Å². The molecule has 2 rings (SSSR count). The average Bonchev–Trinajstić information content (AvgIpc) is 3.09. The van der Waals surface area contributed by atoms with Gasteiger partial charge in [0.05, 0.1) is 0 Å². The lowest BCUT2D eigenvalue weighted by atomic mass is 10.1. The first-order valence-electron chi connectivity index (χ1n) is 5.77. The van der Waals surface area contributed by atoms with Crippen molar-refractivity contribution < 1.29 is 9.90 Å². The van der Waals surface area contributed by atoms with Crippen LogP contribution in [-0.2, 0) is 11.2 Å². The number of hydrogen-bond donors (Lipinski definition) is 2. The molecule has 0 aliphatic heterocycles. The highest BCUT2D eigenvalue weighted by molar-refractivity contribution is 5.74. The average molecular weight is 219 g/mol. The highest BCUT2D eigenvalue weighted by Crippen LogP contribution is 2.32. The lowest BCUT2D eigenvalue weighted by Gasteiger charge is -2.13. The maximum Gasteiger partial charge on any atom is 0.320 e. The van der Waals surface area contributed by atoms with E-state index in [2.05, 4.69) is 17.4 Å². The third-order valence-corrected chi connectivity index (χ3v) is 2.98. The Labute approximate surface area is 95.5 Å². The maximum absolute atomic E-state index is 11.0. The Morgan fingerprint density at radius 3 is 2.62 bits per heavy atom. The fourth-order valence-corrected chi connectivity index (χ4v) is 1.90. The molecule has 3 heteroatoms. The van der Waals surface area contributed by atoms with Crippen molar-refractivity contribution in [2.75, 3.05) is 6.54 Å². The molecular weight excluding hydrogens is 202 g/mol. The Balaban J connectivity index is 1.76. The van der Waals surface area contributed by atoms with Gasteiger partial charge < -0.3 is 10.4 Å². The van der Waals surface area contributed by atoms with E-state index in [-0.39, 0.29) is 6.04 Å². The third-order valence-electron chi connectivity index (χ3n) is 2.98. The van der Waals surface area contributed by atoms with Gasteiger partial charge in [0.1, 0.15) is 6.04 Å². The number of carboxylic acid groups (broad SMARTS) is 1. The summed E-state index contributed by atoms with van der Waals surface area (Å²) >= 11 is 0. The zero-order chi connectivity index (χ0) is 11.4. The van der Waals surface area contributed by atoms with Gasteiger partial charge in [-0.05, 0) is 37.3 Å². The predicted molar refractivity (Wildman–Crippen MR) is 62.3 cm³/mol. The van der Waals surface area contributed by atoms with Crippen molar-refractivity contribution in [3.8, 4) is 0 Å². The Morgan fingerprint density at radius 1 is 1.38 bits per heavy atom. The van der Waals surface area contributed by atoms with Gasteiger partial charge in [0, 0.05) is 0 Å². The van der Waals surface area contributed by atoms with Crippen LogP contribution in [0, 0.1) is 5.92 Å². The smallest absolute Gasteiger partial charge is 0.320 e. The second-order valence-electron chi connectivity index (χ2n) is 4.34. The lowest BCUT2D eigenvalue weighted by Crippen LogP contribution is -2.39. The van der Waals surface area contributed by atoms with Crippen molar-refractivity contribution in [1.82, 2.24) is 5.32 Å². The largest absolute Gasteiger partial charge is 0.480 e. The second kappa shape index (κ2) is 5.12. The van der Waals surface area contributed by atoms with Crippen molar-refractivity contribution in [2.45, 2.75) is 25.3 Å². The first-order chi connectivity index (χ1) is 7.77. The van der Waals surface area contributed by atoms with Crippen LogP contribution >= 0.6 is 0 Å². The van der Waals surface area contributed by atoms with Gasteiger partial charge in [0.15, 0.2) is 0 Å². The van der Waals surface area contributed by atoms with Gasteiger partial charge >= 0.3 is 5.97 Å². The standard InChI is InChI=1S/C13H17NO2/c15-13(16)12(11-6-7-11)14-9-8-10-4-2-1-3-5-10/h1-5,11-12,14H,6-9H2,(H,15,16)/t12-/m1/s1. The molecule has 1 atom stereocenters. The van der Waals surface area contributed by atoms with E-state index in [0.29, 0.717) is 5.92 Å². The Hall–Kier alpha value is -1.35. The van der Waals surface area contributed by atoms with Gasteiger partial charge in [-0.3, -0.25) is 4.79 Å². The highest BCUT2D eigenvalue weighted by Gasteiger charge is 2.35. The predicted octanol–water partition coefficient (Wildman–Crippen LogP) is 1.68. The molecule has 0 aromatic heterocycles. The van der Waals surface area contributed by atoms with Crippen molar-refractivity contribution in [3.05, 3.63) is 35.9 Å². The molecule has 0 amide bonds. The number of carboxylic acids is 1. The van der Waals surface area contributed by atoms with E-state index in [4.69, 9.17) is 5.11 Å². The molecule has 0 radical (unpaired) electrons. The normalized spacial score (nSPS) is 17.0. The first kappa shape index (κ1) is 11.1. The van der Waals surface area contributed by atoms with Gasteiger partial charge in [-0.25, -0.2) is 0 Å². The molecule has 0 heterocycles. The number of benzene rings is 1. The molecule has 16 heavy (non-hydrogen) atoms. The summed E-state index contributed by atoms with van der Waals surface area (Å²) in [7, 11) is 0. The SMILES string of the molecule is O=C(O)[C@H](NCCc1ccccc1)C1CC1. The van der Waals surface area contributed by atoms with Crippen LogP contribution in [0.2, 0.25) is 0 Å². The molecule has 1 fully saturated rings. The second-order valence-corrected chi connectivity index (χ2v) is 4.34. The third kappa shape index (κ3) is 3.07. The van der Waals surface area contributed by atoms with E-state index in [0.717, 1.165) is 25.8 Å². The highest BCUT2D eigenvalue weighted by atomic mass is 16.4. The Morgan fingerprint density at radius 2 is 2.06 bits per heavy atom. The molecule has 1 aromatic rings. The number of nitrogens with one attached hydrogen (secondary N) is 1. The summed E-state index contributed by atoms with van der Waals surface area (Å²) in [4.78, 5) is 11.0. The van der Waals surface area contributed by atoms with Gasteiger partial charge in [0.25, 0.3) is 0 Å². The monoisotopic (exact) mass is 219 g/mol. The van der Waals surface area contributed by atoms with Crippen LogP contribution in [0.25, 0.3) is 0 Å². The minimum atomic E-state index is -0.712. The fourth-order valence-electron chi connectivity index (χ4n) is 1.90. The topological polar surface area (TPSA) is 49.3 Å². The number of hydrogen-bond acceptors (Lipinski definition) is 2. The van der Waals surface area contributed by atoms with Crippen molar-refractivity contribution in [2.24, 2.45) is 5.92 Å². The summed E-state index contributed by atoms with van der Waals surface area (Å²) in [5.74, 6) is -0.358. The molecule has 2 N–H and O–H groups in total. The van der Waals surface area contributed by atoms with E-state index in [9.17, 15) is 4.79 Å². The van der Waals surface area contributed by atoms with Gasteiger partial charge in [-0.1, -0.05) is 30.3 Å².